The van der Waals surface area contributed by atoms with E-state index in [0.717, 1.165) is 17.2 Å². The number of aromatic hydroxyl groups is 2. The highest BCUT2D eigenvalue weighted by molar-refractivity contribution is 6.07. The van der Waals surface area contributed by atoms with Crippen LogP contribution in [0.25, 0.3) is 0 Å². The molecule has 6 nitrogen and oxygen atoms in total. The van der Waals surface area contributed by atoms with Crippen LogP contribution >= 0.6 is 0 Å². The summed E-state index contributed by atoms with van der Waals surface area (Å²) in [7, 11) is 0. The molecule has 3 aromatic rings. The Labute approximate surface area is 168 Å². The van der Waals surface area contributed by atoms with Gasteiger partial charge in [-0.15, -0.1) is 0 Å². The molecule has 6 heteroatoms. The van der Waals surface area contributed by atoms with E-state index in [-0.39, 0.29) is 17.1 Å². The minimum atomic E-state index is -0.509. The molecule has 0 aromatic heterocycles. The van der Waals surface area contributed by atoms with E-state index >= 15 is 0 Å². The molecule has 0 saturated heterocycles. The normalized spacial score (nSPS) is 10.2. The van der Waals surface area contributed by atoms with E-state index < -0.39 is 11.8 Å². The van der Waals surface area contributed by atoms with E-state index in [1.165, 1.54) is 18.2 Å². The maximum atomic E-state index is 12.5. The number of carbonyl (C=O) groups is 2. The second-order valence-corrected chi connectivity index (χ2v) is 6.38. The van der Waals surface area contributed by atoms with E-state index in [1.807, 2.05) is 24.3 Å². The van der Waals surface area contributed by atoms with Crippen LogP contribution in [0.15, 0.2) is 79.4 Å². The van der Waals surface area contributed by atoms with E-state index in [0.29, 0.717) is 17.8 Å². The Morgan fingerprint density at radius 3 is 2.24 bits per heavy atom. The summed E-state index contributed by atoms with van der Waals surface area (Å²) in [6, 6.07) is 18.5. The highest BCUT2D eigenvalue weighted by Crippen LogP contribution is 2.24. The Morgan fingerprint density at radius 1 is 0.862 bits per heavy atom. The Balaban J connectivity index is 1.71. The van der Waals surface area contributed by atoms with Gasteiger partial charge in [0.1, 0.15) is 11.5 Å². The van der Waals surface area contributed by atoms with Crippen LogP contribution in [0.1, 0.15) is 21.5 Å². The predicted molar refractivity (Wildman–Crippen MR) is 112 cm³/mol. The van der Waals surface area contributed by atoms with Crippen molar-refractivity contribution in [3.8, 4) is 11.5 Å². The lowest BCUT2D eigenvalue weighted by Crippen LogP contribution is -2.13. The second-order valence-electron chi connectivity index (χ2n) is 6.38. The van der Waals surface area contributed by atoms with Gasteiger partial charge in [-0.1, -0.05) is 36.9 Å². The molecule has 2 amide bonds. The third-order valence-corrected chi connectivity index (χ3v) is 4.29. The Hall–Kier alpha value is -4.06. The zero-order valence-electron chi connectivity index (χ0n) is 15.6. The summed E-state index contributed by atoms with van der Waals surface area (Å²) in [5.41, 5.74) is 2.74. The summed E-state index contributed by atoms with van der Waals surface area (Å²) in [6.07, 6.45) is 1.68. The lowest BCUT2D eigenvalue weighted by Gasteiger charge is -2.10. The Bertz CT molecular complexity index is 1060. The number of amides is 2. The number of carbonyl (C=O) groups excluding carboxylic acids is 2. The molecular weight excluding hydrogens is 368 g/mol. The molecule has 0 aliphatic heterocycles. The number of nitrogens with one attached hydrogen (secondary N) is 2. The first-order valence-electron chi connectivity index (χ1n) is 8.90. The molecule has 0 saturated carbocycles. The lowest BCUT2D eigenvalue weighted by molar-refractivity contribution is -0.111. The van der Waals surface area contributed by atoms with Crippen LogP contribution in [0.5, 0.6) is 11.5 Å². The first-order valence-corrected chi connectivity index (χ1v) is 8.90. The number of hydrogen-bond acceptors (Lipinski definition) is 4. The van der Waals surface area contributed by atoms with Gasteiger partial charge in [0.05, 0.1) is 5.56 Å². The number of anilines is 2. The third-order valence-electron chi connectivity index (χ3n) is 4.29. The number of phenolic OH excluding ortho intramolecular Hbond substituents is 2. The van der Waals surface area contributed by atoms with Crippen LogP contribution in [0.3, 0.4) is 0 Å². The van der Waals surface area contributed by atoms with Crippen molar-refractivity contribution in [2.45, 2.75) is 6.42 Å². The minimum absolute atomic E-state index is 0.0325. The predicted octanol–water partition coefficient (Wildman–Crippen LogP) is 4.07. The molecule has 3 rings (SSSR count). The van der Waals surface area contributed by atoms with Crippen LogP contribution in [0.2, 0.25) is 0 Å². The molecule has 0 unspecified atom stereocenters. The fourth-order valence-electron chi connectivity index (χ4n) is 2.77. The monoisotopic (exact) mass is 388 g/mol. The van der Waals surface area contributed by atoms with Gasteiger partial charge in [-0.3, -0.25) is 9.59 Å². The van der Waals surface area contributed by atoms with Crippen molar-refractivity contribution in [2.24, 2.45) is 0 Å². The van der Waals surface area contributed by atoms with Crippen molar-refractivity contribution in [3.63, 3.8) is 0 Å². The van der Waals surface area contributed by atoms with E-state index in [2.05, 4.69) is 17.2 Å². The van der Waals surface area contributed by atoms with E-state index in [9.17, 15) is 19.8 Å². The van der Waals surface area contributed by atoms with E-state index in [1.54, 1.807) is 24.3 Å². The Morgan fingerprint density at radius 2 is 1.55 bits per heavy atom. The van der Waals surface area contributed by atoms with Crippen LogP contribution in [0.4, 0.5) is 11.4 Å². The molecule has 0 spiro atoms. The zero-order valence-corrected chi connectivity index (χ0v) is 15.6. The molecule has 0 aliphatic rings. The number of phenols is 2. The van der Waals surface area contributed by atoms with Crippen molar-refractivity contribution < 1.29 is 19.8 Å². The molecule has 146 valence electrons. The minimum Gasteiger partial charge on any atom is -0.508 e. The quantitative estimate of drug-likeness (QED) is 0.378. The van der Waals surface area contributed by atoms with Gasteiger partial charge in [0.25, 0.3) is 5.91 Å². The van der Waals surface area contributed by atoms with Gasteiger partial charge >= 0.3 is 0 Å². The largest absolute Gasteiger partial charge is 0.508 e. The fraction of sp³-hybridized carbons (Fsp3) is 0.0435. The summed E-state index contributed by atoms with van der Waals surface area (Å²) in [5.74, 6) is -0.883. The number of para-hydroxylation sites is 1. The fourth-order valence-corrected chi connectivity index (χ4v) is 2.77. The molecular formula is C23H20N2O4. The molecule has 0 aliphatic carbocycles. The average Bonchev–Trinajstić information content (AvgIpc) is 2.72. The number of rotatable bonds is 6. The van der Waals surface area contributed by atoms with Gasteiger partial charge < -0.3 is 20.8 Å². The van der Waals surface area contributed by atoms with Gasteiger partial charge in [0, 0.05) is 17.8 Å². The maximum Gasteiger partial charge on any atom is 0.259 e. The van der Waals surface area contributed by atoms with Gasteiger partial charge in [-0.05, 0) is 53.6 Å². The topological polar surface area (TPSA) is 98.7 Å². The molecule has 0 heterocycles. The first kappa shape index (κ1) is 19.7. The number of hydrogen-bond donors (Lipinski definition) is 4. The number of benzene rings is 3. The van der Waals surface area contributed by atoms with Crippen LogP contribution in [-0.4, -0.2) is 22.0 Å². The molecule has 0 atom stereocenters. The SMILES string of the molecule is C=CC(=O)Nc1ccc(O)c(C(=O)Nc2ccc(Cc3ccccc3O)cc2)c1. The van der Waals surface area contributed by atoms with Gasteiger partial charge in [-0.2, -0.15) is 0 Å². The second kappa shape index (κ2) is 8.75. The summed E-state index contributed by atoms with van der Waals surface area (Å²) in [6.45, 7) is 3.37. The van der Waals surface area contributed by atoms with Crippen molar-refractivity contribution in [3.05, 3.63) is 96.1 Å². The molecule has 0 radical (unpaired) electrons. The third kappa shape index (κ3) is 5.01. The van der Waals surface area contributed by atoms with Gasteiger partial charge in [0.15, 0.2) is 0 Å². The van der Waals surface area contributed by atoms with Crippen LogP contribution < -0.4 is 10.6 Å². The summed E-state index contributed by atoms with van der Waals surface area (Å²) in [5, 5.41) is 25.1. The lowest BCUT2D eigenvalue weighted by atomic mass is 10.0. The zero-order chi connectivity index (χ0) is 20.8. The van der Waals surface area contributed by atoms with Crippen molar-refractivity contribution in [1.29, 1.82) is 0 Å². The standard InChI is InChI=1S/C23H20N2O4/c1-2-22(28)24-18-11-12-21(27)19(14-18)23(29)25-17-9-7-15(8-10-17)13-16-5-3-4-6-20(16)26/h2-12,14,26-27H,1,13H2,(H,24,28)(H,25,29). The molecule has 0 bridgehead atoms. The summed E-state index contributed by atoms with van der Waals surface area (Å²) < 4.78 is 0. The van der Waals surface area contributed by atoms with Crippen LogP contribution in [-0.2, 0) is 11.2 Å². The average molecular weight is 388 g/mol. The molecule has 29 heavy (non-hydrogen) atoms. The van der Waals surface area contributed by atoms with Crippen LogP contribution in [0, 0.1) is 0 Å². The van der Waals surface area contributed by atoms with Crippen molar-refractivity contribution >= 4 is 23.2 Å². The van der Waals surface area contributed by atoms with Crippen molar-refractivity contribution in [2.75, 3.05) is 10.6 Å². The highest BCUT2D eigenvalue weighted by Gasteiger charge is 2.13. The molecule has 3 aromatic carbocycles. The first-order chi connectivity index (χ1) is 14.0. The van der Waals surface area contributed by atoms with Gasteiger partial charge in [0.2, 0.25) is 5.91 Å². The van der Waals surface area contributed by atoms with E-state index in [4.69, 9.17) is 0 Å². The smallest absolute Gasteiger partial charge is 0.259 e. The highest BCUT2D eigenvalue weighted by atomic mass is 16.3. The maximum absolute atomic E-state index is 12.5. The summed E-state index contributed by atoms with van der Waals surface area (Å²) in [4.78, 5) is 23.9. The van der Waals surface area contributed by atoms with Gasteiger partial charge in [-0.25, -0.2) is 0 Å². The Kier molecular flexibility index (Phi) is 5.94. The summed E-state index contributed by atoms with van der Waals surface area (Å²) >= 11 is 0. The van der Waals surface area contributed by atoms with Crippen molar-refractivity contribution in [1.82, 2.24) is 0 Å². The molecule has 0 fully saturated rings. The molecule has 4 N–H and O–H groups in total.